The highest BCUT2D eigenvalue weighted by molar-refractivity contribution is 5.49. The van der Waals surface area contributed by atoms with Crippen LogP contribution in [0.25, 0.3) is 0 Å². The SMILES string of the molecule is COCC1CO1.c1cc(N(CC2CO2)CC2CO2)ccc1OCC1CO1.c1ccc(OCC2CO2)cc1. The van der Waals surface area contributed by atoms with Gasteiger partial charge >= 0.3 is 0 Å². The Kier molecular flexibility index (Phi) is 9.50. The molecule has 0 aromatic heterocycles. The van der Waals surface area contributed by atoms with E-state index in [-0.39, 0.29) is 0 Å². The van der Waals surface area contributed by atoms with Gasteiger partial charge in [0.15, 0.2) is 0 Å². The maximum Gasteiger partial charge on any atom is 0.119 e. The van der Waals surface area contributed by atoms with E-state index < -0.39 is 0 Å². The Morgan fingerprint density at radius 1 is 0.595 bits per heavy atom. The van der Waals surface area contributed by atoms with Crippen molar-refractivity contribution in [2.24, 2.45) is 0 Å². The summed E-state index contributed by atoms with van der Waals surface area (Å²) in [7, 11) is 1.68. The molecule has 202 valence electrons. The van der Waals surface area contributed by atoms with Gasteiger partial charge in [0.1, 0.15) is 43.0 Å². The molecule has 5 aliphatic rings. The van der Waals surface area contributed by atoms with E-state index in [0.29, 0.717) is 43.7 Å². The second-order valence-electron chi connectivity index (χ2n) is 9.57. The van der Waals surface area contributed by atoms with Gasteiger partial charge < -0.3 is 42.8 Å². The fraction of sp³-hybridized carbons (Fsp3) is 0.571. The highest BCUT2D eigenvalue weighted by atomic mass is 16.6. The molecule has 0 spiro atoms. The summed E-state index contributed by atoms with van der Waals surface area (Å²) in [5, 5.41) is 0. The molecule has 2 aromatic rings. The third-order valence-corrected chi connectivity index (χ3v) is 6.03. The fourth-order valence-corrected chi connectivity index (χ4v) is 3.45. The Labute approximate surface area is 218 Å². The molecular formula is C28H37NO8. The van der Waals surface area contributed by atoms with Crippen molar-refractivity contribution in [3.8, 4) is 11.5 Å². The smallest absolute Gasteiger partial charge is 0.119 e. The first kappa shape index (κ1) is 26.2. The topological polar surface area (TPSA) is 93.6 Å². The van der Waals surface area contributed by atoms with Crippen molar-refractivity contribution in [2.45, 2.75) is 30.5 Å². The number of hydrogen-bond acceptors (Lipinski definition) is 9. The molecule has 7 rings (SSSR count). The van der Waals surface area contributed by atoms with Crippen molar-refractivity contribution in [2.75, 3.05) is 78.0 Å². The predicted molar refractivity (Wildman–Crippen MR) is 137 cm³/mol. The molecule has 0 radical (unpaired) electrons. The number of rotatable bonds is 13. The lowest BCUT2D eigenvalue weighted by molar-refractivity contribution is 0.171. The number of para-hydroxylation sites is 1. The van der Waals surface area contributed by atoms with Gasteiger partial charge in [-0.05, 0) is 36.4 Å². The predicted octanol–water partition coefficient (Wildman–Crippen LogP) is 2.56. The lowest BCUT2D eigenvalue weighted by Gasteiger charge is -2.23. The quantitative estimate of drug-likeness (QED) is 0.373. The third kappa shape index (κ3) is 10.9. The lowest BCUT2D eigenvalue weighted by atomic mass is 10.2. The van der Waals surface area contributed by atoms with Crippen LogP contribution in [0.4, 0.5) is 5.69 Å². The first-order valence-corrected chi connectivity index (χ1v) is 13.0. The van der Waals surface area contributed by atoms with Crippen LogP contribution in [0.15, 0.2) is 54.6 Å². The molecule has 37 heavy (non-hydrogen) atoms. The van der Waals surface area contributed by atoms with Crippen LogP contribution in [-0.2, 0) is 28.4 Å². The van der Waals surface area contributed by atoms with Crippen LogP contribution >= 0.6 is 0 Å². The van der Waals surface area contributed by atoms with Crippen LogP contribution in [-0.4, -0.2) is 104 Å². The van der Waals surface area contributed by atoms with Crippen LogP contribution in [0.3, 0.4) is 0 Å². The average Bonchev–Trinajstić information content (AvgIpc) is 3.70. The number of methoxy groups -OCH3 is 1. The standard InChI is InChI=1S/C15H19NO4.C9H10O2.C4H8O2/c1-3-12(17-9-15-10-20-15)4-2-11(1)16(5-13-7-18-13)6-14-8-19-14;1-2-4-8(5-3-1)10-6-9-7-11-9;1-5-2-4-3-6-4/h1-4,13-15H,5-10H2;1-5,9H,6-7H2;4H,2-3H2,1H3. The fourth-order valence-electron chi connectivity index (χ4n) is 3.45. The molecule has 0 N–H and O–H groups in total. The summed E-state index contributed by atoms with van der Waals surface area (Å²) in [5.74, 6) is 1.82. The van der Waals surface area contributed by atoms with Gasteiger partial charge in [0, 0.05) is 25.9 Å². The normalized spacial score (nSPS) is 27.4. The molecule has 5 atom stereocenters. The molecule has 5 unspecified atom stereocenters. The molecule has 0 aliphatic carbocycles. The van der Waals surface area contributed by atoms with Gasteiger partial charge in [-0.15, -0.1) is 0 Å². The molecule has 5 heterocycles. The zero-order chi connectivity index (χ0) is 25.3. The molecule has 9 nitrogen and oxygen atoms in total. The molecule has 5 fully saturated rings. The number of ether oxygens (including phenoxy) is 8. The van der Waals surface area contributed by atoms with E-state index in [1.54, 1.807) is 7.11 Å². The van der Waals surface area contributed by atoms with E-state index in [1.807, 2.05) is 42.5 Å². The molecule has 0 bridgehead atoms. The summed E-state index contributed by atoms with van der Waals surface area (Å²) in [6, 6.07) is 18.0. The Balaban J connectivity index is 0.000000137. The van der Waals surface area contributed by atoms with E-state index in [9.17, 15) is 0 Å². The van der Waals surface area contributed by atoms with Crippen LogP contribution in [0, 0.1) is 0 Å². The van der Waals surface area contributed by atoms with Crippen LogP contribution in [0.1, 0.15) is 0 Å². The van der Waals surface area contributed by atoms with Gasteiger partial charge in [-0.25, -0.2) is 0 Å². The molecule has 2 aromatic carbocycles. The van der Waals surface area contributed by atoms with E-state index in [4.69, 9.17) is 37.9 Å². The lowest BCUT2D eigenvalue weighted by Crippen LogP contribution is -2.31. The number of benzene rings is 2. The Bertz CT molecular complexity index is 896. The maximum absolute atomic E-state index is 5.66. The van der Waals surface area contributed by atoms with Crippen molar-refractivity contribution in [1.82, 2.24) is 0 Å². The summed E-state index contributed by atoms with van der Waals surface area (Å²) in [6.45, 7) is 8.31. The van der Waals surface area contributed by atoms with Gasteiger partial charge in [-0.3, -0.25) is 0 Å². The Morgan fingerprint density at radius 2 is 1.03 bits per heavy atom. The first-order chi connectivity index (χ1) is 18.2. The minimum absolute atomic E-state index is 0.296. The maximum atomic E-state index is 5.66. The molecular weight excluding hydrogens is 478 g/mol. The van der Waals surface area contributed by atoms with E-state index in [1.165, 1.54) is 5.69 Å². The molecule has 5 saturated heterocycles. The van der Waals surface area contributed by atoms with E-state index in [0.717, 1.165) is 64.2 Å². The Hall–Kier alpha value is -2.40. The molecule has 9 heteroatoms. The number of nitrogens with zero attached hydrogens (tertiary/aromatic N) is 1. The van der Waals surface area contributed by atoms with Crippen molar-refractivity contribution in [3.05, 3.63) is 54.6 Å². The average molecular weight is 516 g/mol. The largest absolute Gasteiger partial charge is 0.491 e. The summed E-state index contributed by atoms with van der Waals surface area (Å²) >= 11 is 0. The van der Waals surface area contributed by atoms with Crippen molar-refractivity contribution in [1.29, 1.82) is 0 Å². The summed E-state index contributed by atoms with van der Waals surface area (Å²) in [6.07, 6.45) is 1.84. The van der Waals surface area contributed by atoms with Crippen molar-refractivity contribution < 1.29 is 37.9 Å². The second-order valence-corrected chi connectivity index (χ2v) is 9.57. The van der Waals surface area contributed by atoms with E-state index in [2.05, 4.69) is 17.0 Å². The van der Waals surface area contributed by atoms with Crippen molar-refractivity contribution >= 4 is 5.69 Å². The molecule has 5 aliphatic heterocycles. The van der Waals surface area contributed by atoms with Crippen LogP contribution < -0.4 is 14.4 Å². The number of anilines is 1. The molecule has 0 saturated carbocycles. The first-order valence-electron chi connectivity index (χ1n) is 13.0. The minimum Gasteiger partial charge on any atom is -0.491 e. The van der Waals surface area contributed by atoms with Crippen LogP contribution in [0.2, 0.25) is 0 Å². The Morgan fingerprint density at radius 3 is 1.43 bits per heavy atom. The van der Waals surface area contributed by atoms with Gasteiger partial charge in [0.25, 0.3) is 0 Å². The monoisotopic (exact) mass is 515 g/mol. The number of epoxide rings is 5. The zero-order valence-electron chi connectivity index (χ0n) is 21.4. The molecule has 0 amide bonds. The van der Waals surface area contributed by atoms with E-state index >= 15 is 0 Å². The van der Waals surface area contributed by atoms with Gasteiger partial charge in [-0.1, -0.05) is 18.2 Å². The number of hydrogen-bond donors (Lipinski definition) is 0. The van der Waals surface area contributed by atoms with Gasteiger partial charge in [0.2, 0.25) is 0 Å². The summed E-state index contributed by atoms with van der Waals surface area (Å²) in [4.78, 5) is 2.34. The minimum atomic E-state index is 0.296. The second kappa shape index (κ2) is 13.4. The highest BCUT2D eigenvalue weighted by Gasteiger charge is 2.31. The summed E-state index contributed by atoms with van der Waals surface area (Å²) < 4.78 is 41.4. The van der Waals surface area contributed by atoms with Gasteiger partial charge in [-0.2, -0.15) is 0 Å². The highest BCUT2D eigenvalue weighted by Crippen LogP contribution is 2.25. The third-order valence-electron chi connectivity index (χ3n) is 6.03. The summed E-state index contributed by atoms with van der Waals surface area (Å²) in [5.41, 5.74) is 1.20. The van der Waals surface area contributed by atoms with Gasteiger partial charge in [0.05, 0.1) is 51.8 Å². The van der Waals surface area contributed by atoms with Crippen LogP contribution in [0.5, 0.6) is 11.5 Å². The zero-order valence-corrected chi connectivity index (χ0v) is 21.4. The van der Waals surface area contributed by atoms with Crippen molar-refractivity contribution in [3.63, 3.8) is 0 Å².